The van der Waals surface area contributed by atoms with Gasteiger partial charge in [-0.05, 0) is 33.6 Å². The van der Waals surface area contributed by atoms with Crippen molar-refractivity contribution in [3.05, 3.63) is 17.7 Å². The van der Waals surface area contributed by atoms with Gasteiger partial charge in [-0.25, -0.2) is 4.98 Å². The monoisotopic (exact) mass is 211 g/mol. The molecule has 0 spiro atoms. The van der Waals surface area contributed by atoms with Gasteiger partial charge < -0.3 is 15.4 Å². The minimum atomic E-state index is -0.733. The first kappa shape index (κ1) is 12.2. The van der Waals surface area contributed by atoms with E-state index in [9.17, 15) is 5.11 Å². The summed E-state index contributed by atoms with van der Waals surface area (Å²) in [7, 11) is 0. The van der Waals surface area contributed by atoms with Crippen LogP contribution in [0.5, 0.6) is 0 Å². The van der Waals surface area contributed by atoms with Crippen LogP contribution in [0, 0.1) is 13.8 Å². The molecule has 0 aliphatic carbocycles. The van der Waals surface area contributed by atoms with E-state index in [4.69, 9.17) is 5.73 Å². The summed E-state index contributed by atoms with van der Waals surface area (Å²) < 4.78 is 2.11. The van der Waals surface area contributed by atoms with Gasteiger partial charge in [0.25, 0.3) is 0 Å². The molecule has 1 unspecified atom stereocenters. The second-order valence-electron chi connectivity index (χ2n) is 4.41. The van der Waals surface area contributed by atoms with Crippen LogP contribution < -0.4 is 5.73 Å². The molecular weight excluding hydrogens is 190 g/mol. The number of imidazole rings is 1. The standard InChI is InChI=1S/C11H21N3O/c1-9-10(2)14(8-13-9)6-4-5-11(3,15)7-12/h8,15H,4-7,12H2,1-3H3. The predicted molar refractivity (Wildman–Crippen MR) is 60.6 cm³/mol. The maximum atomic E-state index is 9.73. The second kappa shape index (κ2) is 4.77. The fraction of sp³-hybridized carbons (Fsp3) is 0.727. The summed E-state index contributed by atoms with van der Waals surface area (Å²) in [6, 6.07) is 0. The Morgan fingerprint density at radius 1 is 1.53 bits per heavy atom. The Labute approximate surface area is 91.1 Å². The summed E-state index contributed by atoms with van der Waals surface area (Å²) in [6.07, 6.45) is 3.49. The minimum absolute atomic E-state index is 0.314. The van der Waals surface area contributed by atoms with E-state index in [1.54, 1.807) is 6.92 Å². The molecule has 0 saturated heterocycles. The molecule has 4 heteroatoms. The topological polar surface area (TPSA) is 64.1 Å². The van der Waals surface area contributed by atoms with E-state index < -0.39 is 5.60 Å². The molecule has 0 bridgehead atoms. The molecule has 0 amide bonds. The van der Waals surface area contributed by atoms with Crippen molar-refractivity contribution in [2.24, 2.45) is 5.73 Å². The zero-order chi connectivity index (χ0) is 11.5. The van der Waals surface area contributed by atoms with E-state index in [1.165, 1.54) is 5.69 Å². The van der Waals surface area contributed by atoms with Gasteiger partial charge in [0, 0.05) is 18.8 Å². The first-order chi connectivity index (χ1) is 6.96. The van der Waals surface area contributed by atoms with Crippen LogP contribution in [-0.2, 0) is 6.54 Å². The van der Waals surface area contributed by atoms with Gasteiger partial charge in [-0.1, -0.05) is 0 Å². The van der Waals surface area contributed by atoms with Crippen molar-refractivity contribution < 1.29 is 5.11 Å². The van der Waals surface area contributed by atoms with Crippen LogP contribution >= 0.6 is 0 Å². The average Bonchev–Trinajstić information content (AvgIpc) is 2.49. The van der Waals surface area contributed by atoms with E-state index in [-0.39, 0.29) is 0 Å². The van der Waals surface area contributed by atoms with E-state index in [0.717, 1.165) is 25.1 Å². The van der Waals surface area contributed by atoms with Crippen molar-refractivity contribution in [2.75, 3.05) is 6.54 Å². The molecule has 0 aliphatic rings. The molecule has 3 N–H and O–H groups in total. The van der Waals surface area contributed by atoms with Gasteiger partial charge in [0.15, 0.2) is 0 Å². The molecule has 1 aromatic heterocycles. The highest BCUT2D eigenvalue weighted by Gasteiger charge is 2.17. The van der Waals surface area contributed by atoms with Crippen LogP contribution in [0.25, 0.3) is 0 Å². The SMILES string of the molecule is Cc1ncn(CCCC(C)(O)CN)c1C. The van der Waals surface area contributed by atoms with Crippen LogP contribution in [0.2, 0.25) is 0 Å². The third-order valence-electron chi connectivity index (χ3n) is 2.90. The van der Waals surface area contributed by atoms with Crippen LogP contribution in [0.1, 0.15) is 31.2 Å². The van der Waals surface area contributed by atoms with Crippen molar-refractivity contribution in [3.8, 4) is 0 Å². The Bertz CT molecular complexity index is 318. The van der Waals surface area contributed by atoms with Gasteiger partial charge in [-0.3, -0.25) is 0 Å². The quantitative estimate of drug-likeness (QED) is 0.763. The largest absolute Gasteiger partial charge is 0.389 e. The summed E-state index contributed by atoms with van der Waals surface area (Å²) in [4.78, 5) is 4.23. The van der Waals surface area contributed by atoms with Crippen molar-refractivity contribution >= 4 is 0 Å². The molecule has 1 heterocycles. The maximum Gasteiger partial charge on any atom is 0.0951 e. The molecule has 0 saturated carbocycles. The van der Waals surface area contributed by atoms with Crippen molar-refractivity contribution in [1.29, 1.82) is 0 Å². The van der Waals surface area contributed by atoms with Gasteiger partial charge in [-0.2, -0.15) is 0 Å². The number of rotatable bonds is 5. The normalized spacial score (nSPS) is 15.3. The van der Waals surface area contributed by atoms with Crippen molar-refractivity contribution in [2.45, 2.75) is 45.8 Å². The molecule has 0 aliphatic heterocycles. The van der Waals surface area contributed by atoms with E-state index in [0.29, 0.717) is 6.54 Å². The third-order valence-corrected chi connectivity index (χ3v) is 2.90. The fourth-order valence-electron chi connectivity index (χ4n) is 1.50. The number of hydrogen-bond acceptors (Lipinski definition) is 3. The smallest absolute Gasteiger partial charge is 0.0951 e. The van der Waals surface area contributed by atoms with Crippen LogP contribution in [0.3, 0.4) is 0 Å². The summed E-state index contributed by atoms with van der Waals surface area (Å²) in [5.41, 5.74) is 6.98. The summed E-state index contributed by atoms with van der Waals surface area (Å²) in [6.45, 7) is 7.04. The fourth-order valence-corrected chi connectivity index (χ4v) is 1.50. The maximum absolute atomic E-state index is 9.73. The van der Waals surface area contributed by atoms with Crippen LogP contribution in [-0.4, -0.2) is 26.8 Å². The van der Waals surface area contributed by atoms with E-state index in [2.05, 4.69) is 16.5 Å². The number of aryl methyl sites for hydroxylation is 2. The van der Waals surface area contributed by atoms with Crippen molar-refractivity contribution in [1.82, 2.24) is 9.55 Å². The molecular formula is C11H21N3O. The third kappa shape index (κ3) is 3.32. The summed E-state index contributed by atoms with van der Waals surface area (Å²) in [5.74, 6) is 0. The predicted octanol–water partition coefficient (Wildman–Crippen LogP) is 0.990. The van der Waals surface area contributed by atoms with E-state index in [1.807, 2.05) is 13.3 Å². The van der Waals surface area contributed by atoms with E-state index >= 15 is 0 Å². The van der Waals surface area contributed by atoms with Gasteiger partial charge in [0.05, 0.1) is 17.6 Å². The lowest BCUT2D eigenvalue weighted by Crippen LogP contribution is -2.34. The second-order valence-corrected chi connectivity index (χ2v) is 4.41. The molecule has 0 radical (unpaired) electrons. The Morgan fingerprint density at radius 3 is 2.67 bits per heavy atom. The zero-order valence-corrected chi connectivity index (χ0v) is 9.82. The first-order valence-electron chi connectivity index (χ1n) is 5.37. The zero-order valence-electron chi connectivity index (χ0n) is 9.82. The molecule has 15 heavy (non-hydrogen) atoms. The molecule has 0 fully saturated rings. The first-order valence-corrected chi connectivity index (χ1v) is 5.37. The molecule has 0 aromatic carbocycles. The lowest BCUT2D eigenvalue weighted by atomic mass is 10.0. The average molecular weight is 211 g/mol. The molecule has 1 atom stereocenters. The number of nitrogens with zero attached hydrogens (tertiary/aromatic N) is 2. The molecule has 1 rings (SSSR count). The molecule has 4 nitrogen and oxygen atoms in total. The number of aromatic nitrogens is 2. The van der Waals surface area contributed by atoms with Gasteiger partial charge >= 0.3 is 0 Å². The highest BCUT2D eigenvalue weighted by Crippen LogP contribution is 2.12. The number of aliphatic hydroxyl groups is 1. The summed E-state index contributed by atoms with van der Waals surface area (Å²) in [5, 5.41) is 9.73. The Balaban J connectivity index is 2.42. The molecule has 1 aromatic rings. The summed E-state index contributed by atoms with van der Waals surface area (Å²) >= 11 is 0. The Kier molecular flexibility index (Phi) is 3.88. The van der Waals surface area contributed by atoms with Gasteiger partial charge in [0.2, 0.25) is 0 Å². The lowest BCUT2D eigenvalue weighted by molar-refractivity contribution is 0.0566. The minimum Gasteiger partial charge on any atom is -0.389 e. The van der Waals surface area contributed by atoms with Gasteiger partial charge in [-0.15, -0.1) is 0 Å². The number of nitrogens with two attached hydrogens (primary N) is 1. The Hall–Kier alpha value is -0.870. The number of hydrogen-bond donors (Lipinski definition) is 2. The highest BCUT2D eigenvalue weighted by molar-refractivity contribution is 5.08. The van der Waals surface area contributed by atoms with Crippen LogP contribution in [0.15, 0.2) is 6.33 Å². The lowest BCUT2D eigenvalue weighted by Gasteiger charge is -2.20. The molecule has 86 valence electrons. The van der Waals surface area contributed by atoms with Crippen molar-refractivity contribution in [3.63, 3.8) is 0 Å². The van der Waals surface area contributed by atoms with Crippen LogP contribution in [0.4, 0.5) is 0 Å². The Morgan fingerprint density at radius 2 is 2.20 bits per heavy atom. The highest BCUT2D eigenvalue weighted by atomic mass is 16.3. The van der Waals surface area contributed by atoms with Gasteiger partial charge in [0.1, 0.15) is 0 Å².